The molecule has 0 saturated carbocycles. The molecule has 170 valence electrons. The lowest BCUT2D eigenvalue weighted by Crippen LogP contribution is -2.23. The third-order valence-electron chi connectivity index (χ3n) is 5.17. The van der Waals surface area contributed by atoms with Gasteiger partial charge in [-0.2, -0.15) is 23.4 Å². The molecule has 3 aromatic heterocycles. The summed E-state index contributed by atoms with van der Waals surface area (Å²) in [4.78, 5) is 16.9. The topological polar surface area (TPSA) is 95.6 Å². The summed E-state index contributed by atoms with van der Waals surface area (Å²) in [7, 11) is 1.75. The van der Waals surface area contributed by atoms with Crippen molar-refractivity contribution in [1.29, 1.82) is 0 Å². The summed E-state index contributed by atoms with van der Waals surface area (Å²) >= 11 is 0. The Hall–Kier alpha value is -4.09. The van der Waals surface area contributed by atoms with E-state index >= 15 is 0 Å². The fourth-order valence-corrected chi connectivity index (χ4v) is 3.58. The van der Waals surface area contributed by atoms with E-state index in [9.17, 15) is 18.0 Å². The van der Waals surface area contributed by atoms with Gasteiger partial charge < -0.3 is 14.8 Å². The van der Waals surface area contributed by atoms with Gasteiger partial charge in [0.25, 0.3) is 5.91 Å². The predicted octanol–water partition coefficient (Wildman–Crippen LogP) is 3.12. The molecule has 4 heterocycles. The van der Waals surface area contributed by atoms with Crippen molar-refractivity contribution >= 4 is 11.6 Å². The molecule has 0 unspecified atom stereocenters. The Morgan fingerprint density at radius 3 is 2.67 bits per heavy atom. The Kier molecular flexibility index (Phi) is 4.73. The van der Waals surface area contributed by atoms with Crippen LogP contribution in [0.1, 0.15) is 27.4 Å². The molecule has 0 fully saturated rings. The van der Waals surface area contributed by atoms with Crippen LogP contribution in [0.3, 0.4) is 0 Å². The number of hydrogen-bond acceptors (Lipinski definition) is 6. The minimum atomic E-state index is -4.72. The summed E-state index contributed by atoms with van der Waals surface area (Å²) in [5.74, 6) is 0.298. The maximum atomic E-state index is 13.8. The Bertz CT molecular complexity index is 1390. The van der Waals surface area contributed by atoms with Crippen molar-refractivity contribution in [3.8, 4) is 22.8 Å². The zero-order valence-electron chi connectivity index (χ0n) is 17.5. The van der Waals surface area contributed by atoms with Crippen molar-refractivity contribution in [1.82, 2.24) is 29.7 Å². The molecule has 0 aliphatic carbocycles. The van der Waals surface area contributed by atoms with Crippen molar-refractivity contribution in [2.24, 2.45) is 7.05 Å². The van der Waals surface area contributed by atoms with E-state index in [1.165, 1.54) is 6.07 Å². The van der Waals surface area contributed by atoms with Gasteiger partial charge in [0.05, 0.1) is 11.4 Å². The van der Waals surface area contributed by atoms with Crippen LogP contribution < -0.4 is 14.8 Å². The van der Waals surface area contributed by atoms with Crippen LogP contribution >= 0.6 is 0 Å². The van der Waals surface area contributed by atoms with Gasteiger partial charge in [0.15, 0.2) is 28.5 Å². The van der Waals surface area contributed by atoms with Gasteiger partial charge in [-0.15, -0.1) is 0 Å². The van der Waals surface area contributed by atoms with Gasteiger partial charge in [0.2, 0.25) is 6.79 Å². The molecule has 5 rings (SSSR count). The number of nitrogens with one attached hydrogen (secondary N) is 1. The number of nitrogens with zero attached hydrogens (tertiary/aromatic N) is 5. The van der Waals surface area contributed by atoms with Crippen LogP contribution in [0.25, 0.3) is 16.9 Å². The zero-order chi connectivity index (χ0) is 23.3. The molecule has 1 aliphatic rings. The number of halogens is 3. The second-order valence-electron chi connectivity index (χ2n) is 7.49. The van der Waals surface area contributed by atoms with E-state index in [0.29, 0.717) is 21.6 Å². The van der Waals surface area contributed by atoms with E-state index in [1.807, 2.05) is 0 Å². The van der Waals surface area contributed by atoms with E-state index in [2.05, 4.69) is 20.5 Å². The first-order chi connectivity index (χ1) is 15.7. The van der Waals surface area contributed by atoms with Crippen LogP contribution in [0.15, 0.2) is 36.5 Å². The average molecular weight is 458 g/mol. The van der Waals surface area contributed by atoms with Crippen LogP contribution in [-0.2, 0) is 19.8 Å². The minimum absolute atomic E-state index is 0.0404. The molecule has 0 spiro atoms. The van der Waals surface area contributed by atoms with E-state index in [4.69, 9.17) is 9.47 Å². The third kappa shape index (κ3) is 3.83. The maximum Gasteiger partial charge on any atom is 0.433 e. The van der Waals surface area contributed by atoms with Gasteiger partial charge in [-0.05, 0) is 31.2 Å². The van der Waals surface area contributed by atoms with Gasteiger partial charge >= 0.3 is 6.18 Å². The lowest BCUT2D eigenvalue weighted by molar-refractivity contribution is -0.142. The molecule has 0 atom stereocenters. The van der Waals surface area contributed by atoms with Crippen LogP contribution in [-0.4, -0.2) is 37.1 Å². The summed E-state index contributed by atoms with van der Waals surface area (Å²) in [5.41, 5.74) is 0.647. The molecular weight excluding hydrogens is 441 g/mol. The first kappa shape index (κ1) is 20.8. The molecule has 0 radical (unpaired) electrons. The minimum Gasteiger partial charge on any atom is -0.454 e. The summed E-state index contributed by atoms with van der Waals surface area (Å²) in [6.45, 7) is 2.00. The standard InChI is InChI=1S/C21H17F3N6O3/c1-11-13(9-29(2)27-11)8-25-20(31)15-7-19-26-14(6-18(21(22,23)24)30(19)28-15)12-3-4-16-17(5-12)33-10-32-16/h3-7,9H,8,10H2,1-2H3,(H,25,31). The summed E-state index contributed by atoms with van der Waals surface area (Å²) < 4.78 is 54.2. The quantitative estimate of drug-likeness (QED) is 0.505. The summed E-state index contributed by atoms with van der Waals surface area (Å²) in [6.07, 6.45) is -2.97. The Morgan fingerprint density at radius 2 is 1.94 bits per heavy atom. The number of rotatable bonds is 4. The third-order valence-corrected chi connectivity index (χ3v) is 5.17. The number of amides is 1. The average Bonchev–Trinajstić information content (AvgIpc) is 3.47. The molecule has 1 amide bonds. The van der Waals surface area contributed by atoms with Crippen molar-refractivity contribution < 1.29 is 27.4 Å². The number of aryl methyl sites for hydroxylation is 2. The highest BCUT2D eigenvalue weighted by Crippen LogP contribution is 2.37. The Labute approximate surface area is 184 Å². The number of fused-ring (bicyclic) bond motifs is 2. The number of hydrogen-bond donors (Lipinski definition) is 1. The van der Waals surface area contributed by atoms with E-state index in [-0.39, 0.29) is 30.4 Å². The lowest BCUT2D eigenvalue weighted by atomic mass is 10.1. The number of benzene rings is 1. The molecule has 12 heteroatoms. The monoisotopic (exact) mass is 458 g/mol. The number of carbonyl (C=O) groups excluding carboxylic acids is 1. The molecule has 9 nitrogen and oxygen atoms in total. The fourth-order valence-electron chi connectivity index (χ4n) is 3.58. The van der Waals surface area contributed by atoms with Gasteiger partial charge in [-0.3, -0.25) is 9.48 Å². The zero-order valence-corrected chi connectivity index (χ0v) is 17.5. The maximum absolute atomic E-state index is 13.8. The molecule has 0 saturated heterocycles. The summed E-state index contributed by atoms with van der Waals surface area (Å²) in [6, 6.07) is 6.86. The van der Waals surface area contributed by atoms with Crippen LogP contribution in [0.5, 0.6) is 11.5 Å². The molecule has 4 aromatic rings. The Morgan fingerprint density at radius 1 is 1.15 bits per heavy atom. The van der Waals surface area contributed by atoms with Crippen molar-refractivity contribution in [2.45, 2.75) is 19.6 Å². The fraction of sp³-hybridized carbons (Fsp3) is 0.238. The van der Waals surface area contributed by atoms with Gasteiger partial charge in [-0.25, -0.2) is 9.50 Å². The first-order valence-electron chi connectivity index (χ1n) is 9.84. The van der Waals surface area contributed by atoms with Gasteiger partial charge in [-0.1, -0.05) is 0 Å². The number of carbonyl (C=O) groups is 1. The van der Waals surface area contributed by atoms with Crippen molar-refractivity contribution in [3.05, 3.63) is 59.2 Å². The number of ether oxygens (including phenoxy) is 2. The van der Waals surface area contributed by atoms with Gasteiger partial charge in [0.1, 0.15) is 0 Å². The van der Waals surface area contributed by atoms with E-state index < -0.39 is 17.8 Å². The van der Waals surface area contributed by atoms with E-state index in [0.717, 1.165) is 17.3 Å². The largest absolute Gasteiger partial charge is 0.454 e. The van der Waals surface area contributed by atoms with Gasteiger partial charge in [0, 0.05) is 37.0 Å². The number of aromatic nitrogens is 5. The molecule has 1 aliphatic heterocycles. The number of alkyl halides is 3. The molecule has 1 N–H and O–H groups in total. The van der Waals surface area contributed by atoms with Crippen molar-refractivity contribution in [2.75, 3.05) is 6.79 Å². The molecular formula is C21H17F3N6O3. The summed E-state index contributed by atoms with van der Waals surface area (Å²) in [5, 5.41) is 10.7. The van der Waals surface area contributed by atoms with Crippen LogP contribution in [0.2, 0.25) is 0 Å². The van der Waals surface area contributed by atoms with Crippen LogP contribution in [0.4, 0.5) is 13.2 Å². The first-order valence-corrected chi connectivity index (χ1v) is 9.84. The van der Waals surface area contributed by atoms with Crippen LogP contribution in [0, 0.1) is 6.92 Å². The highest BCUT2D eigenvalue weighted by molar-refractivity contribution is 5.93. The molecule has 0 bridgehead atoms. The second kappa shape index (κ2) is 7.50. The van der Waals surface area contributed by atoms with Crippen molar-refractivity contribution in [3.63, 3.8) is 0 Å². The molecule has 1 aromatic carbocycles. The lowest BCUT2D eigenvalue weighted by Gasteiger charge is -2.11. The smallest absolute Gasteiger partial charge is 0.433 e. The van der Waals surface area contributed by atoms with E-state index in [1.54, 1.807) is 43.0 Å². The Balaban J connectivity index is 1.51. The second-order valence-corrected chi connectivity index (χ2v) is 7.49. The SMILES string of the molecule is Cc1nn(C)cc1CNC(=O)c1cc2nc(-c3ccc4c(c3)OCO4)cc(C(F)(F)F)n2n1. The normalized spacial score (nSPS) is 13.0. The highest BCUT2D eigenvalue weighted by Gasteiger charge is 2.36. The highest BCUT2D eigenvalue weighted by atomic mass is 19.4. The molecule has 33 heavy (non-hydrogen) atoms. The predicted molar refractivity (Wildman–Crippen MR) is 109 cm³/mol.